The third kappa shape index (κ3) is 3.55. The summed E-state index contributed by atoms with van der Waals surface area (Å²) in [5, 5.41) is 3.56. The minimum Gasteiger partial charge on any atom is -0.306 e. The number of hydrogen-bond acceptors (Lipinski definition) is 2. The minimum absolute atomic E-state index is 0.366. The molecule has 0 aliphatic carbocycles. The van der Waals surface area contributed by atoms with Gasteiger partial charge in [-0.3, -0.25) is 0 Å². The predicted molar refractivity (Wildman–Crippen MR) is 85.7 cm³/mol. The Hall–Kier alpha value is -1.38. The fraction of sp³-hybridized carbons (Fsp3) is 0.294. The van der Waals surface area contributed by atoms with Crippen molar-refractivity contribution in [1.82, 2.24) is 5.32 Å². The highest BCUT2D eigenvalue weighted by atomic mass is 32.1. The van der Waals surface area contributed by atoms with E-state index in [1.807, 2.05) is 17.4 Å². The molecule has 1 nitrogen and oxygen atoms in total. The molecule has 1 aromatic carbocycles. The lowest BCUT2D eigenvalue weighted by molar-refractivity contribution is 0.621. The van der Waals surface area contributed by atoms with Gasteiger partial charge in [-0.1, -0.05) is 36.9 Å². The molecule has 0 aliphatic rings. The molecule has 0 amide bonds. The van der Waals surface area contributed by atoms with Crippen molar-refractivity contribution in [3.63, 3.8) is 0 Å². The van der Waals surface area contributed by atoms with Crippen LogP contribution in [0.25, 0.3) is 5.57 Å². The van der Waals surface area contributed by atoms with Gasteiger partial charge in [0.1, 0.15) is 0 Å². The van der Waals surface area contributed by atoms with Gasteiger partial charge in [0.25, 0.3) is 0 Å². The van der Waals surface area contributed by atoms with Gasteiger partial charge in [0.15, 0.2) is 0 Å². The lowest BCUT2D eigenvalue weighted by Crippen LogP contribution is -2.20. The largest absolute Gasteiger partial charge is 0.306 e. The van der Waals surface area contributed by atoms with Crippen LogP contribution in [-0.4, -0.2) is 6.54 Å². The van der Waals surface area contributed by atoms with E-state index in [1.165, 1.54) is 20.9 Å². The predicted octanol–water partition coefficient (Wildman–Crippen LogP) is 4.73. The third-order valence-electron chi connectivity index (χ3n) is 3.35. The van der Waals surface area contributed by atoms with Crippen molar-refractivity contribution >= 4 is 16.9 Å². The lowest BCUT2D eigenvalue weighted by atomic mass is 10.1. The number of aryl methyl sites for hydroxylation is 2. The number of nitrogens with one attached hydrogen (secondary N) is 1. The molecule has 0 bridgehead atoms. The van der Waals surface area contributed by atoms with Crippen molar-refractivity contribution in [3.8, 4) is 0 Å². The maximum Gasteiger partial charge on any atom is 0.0305 e. The van der Waals surface area contributed by atoms with Gasteiger partial charge in [0.2, 0.25) is 0 Å². The van der Waals surface area contributed by atoms with Gasteiger partial charge in [-0.05, 0) is 43.5 Å². The molecular formula is C17H21NS. The molecule has 1 unspecified atom stereocenters. The Morgan fingerprint density at radius 3 is 2.53 bits per heavy atom. The number of benzene rings is 1. The Morgan fingerprint density at radius 2 is 1.95 bits per heavy atom. The van der Waals surface area contributed by atoms with Crippen molar-refractivity contribution in [2.45, 2.75) is 26.8 Å². The van der Waals surface area contributed by atoms with E-state index in [9.17, 15) is 0 Å². The molecule has 1 N–H and O–H groups in total. The lowest BCUT2D eigenvalue weighted by Gasteiger charge is -2.15. The average Bonchev–Trinajstić information content (AvgIpc) is 2.75. The van der Waals surface area contributed by atoms with Gasteiger partial charge in [-0.25, -0.2) is 0 Å². The van der Waals surface area contributed by atoms with E-state index >= 15 is 0 Å². The summed E-state index contributed by atoms with van der Waals surface area (Å²) in [6.45, 7) is 11.5. The maximum absolute atomic E-state index is 4.16. The molecule has 1 atom stereocenters. The first-order valence-corrected chi connectivity index (χ1v) is 7.43. The highest BCUT2D eigenvalue weighted by molar-refractivity contribution is 7.12. The normalized spacial score (nSPS) is 12.4. The first-order chi connectivity index (χ1) is 9.08. The van der Waals surface area contributed by atoms with Crippen molar-refractivity contribution in [1.29, 1.82) is 0 Å². The number of rotatable bonds is 5. The first-order valence-electron chi connectivity index (χ1n) is 6.61. The van der Waals surface area contributed by atoms with E-state index in [0.717, 1.165) is 12.1 Å². The van der Waals surface area contributed by atoms with Gasteiger partial charge < -0.3 is 5.32 Å². The molecule has 0 radical (unpaired) electrons. The molecule has 2 aromatic rings. The highest BCUT2D eigenvalue weighted by Gasteiger charge is 2.11. The summed E-state index contributed by atoms with van der Waals surface area (Å²) in [5.74, 6) is 0. The van der Waals surface area contributed by atoms with Crippen molar-refractivity contribution in [2.24, 2.45) is 0 Å². The average molecular weight is 271 g/mol. The molecule has 19 heavy (non-hydrogen) atoms. The monoisotopic (exact) mass is 271 g/mol. The molecule has 0 aliphatic heterocycles. The summed E-state index contributed by atoms with van der Waals surface area (Å²) >= 11 is 1.87. The van der Waals surface area contributed by atoms with Gasteiger partial charge >= 0.3 is 0 Å². The second kappa shape index (κ2) is 6.18. The Labute approximate surface area is 120 Å². The van der Waals surface area contributed by atoms with E-state index in [1.54, 1.807) is 0 Å². The topological polar surface area (TPSA) is 12.0 Å². The fourth-order valence-corrected chi connectivity index (χ4v) is 3.26. The Kier molecular flexibility index (Phi) is 4.56. The minimum atomic E-state index is 0.366. The molecule has 0 spiro atoms. The molecule has 0 saturated heterocycles. The molecule has 100 valence electrons. The second-order valence-corrected chi connectivity index (χ2v) is 6.40. The quantitative estimate of drug-likeness (QED) is 0.829. The van der Waals surface area contributed by atoms with Crippen LogP contribution in [0.1, 0.15) is 33.8 Å². The van der Waals surface area contributed by atoms with Crippen LogP contribution in [-0.2, 0) is 0 Å². The SMILES string of the molecule is C=C(CNC(C)c1cc(C)sc1C)c1ccccc1. The zero-order valence-corrected chi connectivity index (χ0v) is 12.7. The smallest absolute Gasteiger partial charge is 0.0305 e. The Bertz CT molecular complexity index is 554. The van der Waals surface area contributed by atoms with Gasteiger partial charge in [-0.2, -0.15) is 0 Å². The first kappa shape index (κ1) is 14.0. The van der Waals surface area contributed by atoms with Crippen LogP contribution in [0.3, 0.4) is 0 Å². The zero-order valence-electron chi connectivity index (χ0n) is 11.9. The Balaban J connectivity index is 1.96. The number of thiophene rings is 1. The van der Waals surface area contributed by atoms with Gasteiger partial charge in [-0.15, -0.1) is 11.3 Å². The van der Waals surface area contributed by atoms with Crippen LogP contribution in [0.5, 0.6) is 0 Å². The summed E-state index contributed by atoms with van der Waals surface area (Å²) in [4.78, 5) is 2.78. The molecule has 2 rings (SSSR count). The van der Waals surface area contributed by atoms with E-state index in [-0.39, 0.29) is 0 Å². The molecule has 2 heteroatoms. The summed E-state index contributed by atoms with van der Waals surface area (Å²) < 4.78 is 0. The summed E-state index contributed by atoms with van der Waals surface area (Å²) in [7, 11) is 0. The van der Waals surface area contributed by atoms with Crippen molar-refractivity contribution in [2.75, 3.05) is 6.54 Å². The van der Waals surface area contributed by atoms with Crippen LogP contribution in [0.15, 0.2) is 43.0 Å². The third-order valence-corrected chi connectivity index (χ3v) is 4.33. The van der Waals surface area contributed by atoms with E-state index < -0.39 is 0 Å². The summed E-state index contributed by atoms with van der Waals surface area (Å²) in [5.41, 5.74) is 3.75. The van der Waals surface area contributed by atoms with Crippen LogP contribution >= 0.6 is 11.3 Å². The molecule has 1 heterocycles. The van der Waals surface area contributed by atoms with Crippen LogP contribution < -0.4 is 5.32 Å². The zero-order chi connectivity index (χ0) is 13.8. The van der Waals surface area contributed by atoms with Crippen LogP contribution in [0.4, 0.5) is 0 Å². The van der Waals surface area contributed by atoms with Gasteiger partial charge in [0, 0.05) is 22.3 Å². The van der Waals surface area contributed by atoms with Gasteiger partial charge in [0.05, 0.1) is 0 Å². The maximum atomic E-state index is 4.16. The summed E-state index contributed by atoms with van der Waals surface area (Å²) in [6, 6.07) is 13.0. The van der Waals surface area contributed by atoms with Crippen LogP contribution in [0, 0.1) is 13.8 Å². The standard InChI is InChI=1S/C17H21NS/c1-12(16-8-6-5-7-9-16)11-18-14(3)17-10-13(2)19-15(17)4/h5-10,14,18H,1,11H2,2-4H3. The fourth-order valence-electron chi connectivity index (χ4n) is 2.24. The van der Waals surface area contributed by atoms with E-state index in [4.69, 9.17) is 0 Å². The van der Waals surface area contributed by atoms with E-state index in [0.29, 0.717) is 6.04 Å². The van der Waals surface area contributed by atoms with Crippen LogP contribution in [0.2, 0.25) is 0 Å². The Morgan fingerprint density at radius 1 is 1.26 bits per heavy atom. The highest BCUT2D eigenvalue weighted by Crippen LogP contribution is 2.26. The van der Waals surface area contributed by atoms with Crippen molar-refractivity contribution in [3.05, 3.63) is 63.9 Å². The van der Waals surface area contributed by atoms with Crippen molar-refractivity contribution < 1.29 is 0 Å². The second-order valence-electron chi connectivity index (χ2n) is 4.94. The molecule has 0 saturated carbocycles. The van der Waals surface area contributed by atoms with E-state index in [2.05, 4.69) is 63.0 Å². The number of hydrogen-bond donors (Lipinski definition) is 1. The molecule has 0 fully saturated rings. The molecular weight excluding hydrogens is 250 g/mol. The summed E-state index contributed by atoms with van der Waals surface area (Å²) in [6.07, 6.45) is 0. The molecule has 1 aromatic heterocycles.